The molecular weight excluding hydrogens is 236 g/mol. The Kier molecular flexibility index (Phi) is 3.61. The lowest BCUT2D eigenvalue weighted by molar-refractivity contribution is 0.0615. The van der Waals surface area contributed by atoms with E-state index in [0.29, 0.717) is 13.0 Å². The number of aliphatic hydroxyl groups is 1. The first kappa shape index (κ1) is 13.1. The molecule has 0 unspecified atom stereocenters. The van der Waals surface area contributed by atoms with Crippen LogP contribution in [0.4, 0.5) is 0 Å². The average molecular weight is 263 g/mol. The molecule has 0 aromatic heterocycles. The van der Waals surface area contributed by atoms with Crippen molar-refractivity contribution in [3.8, 4) is 0 Å². The van der Waals surface area contributed by atoms with Gasteiger partial charge in [-0.05, 0) is 45.2 Å². The molecule has 0 bridgehead atoms. The summed E-state index contributed by atoms with van der Waals surface area (Å²) in [6.07, 6.45) is 0.323. The van der Waals surface area contributed by atoms with Gasteiger partial charge in [-0.3, -0.25) is 0 Å². The van der Waals surface area contributed by atoms with Gasteiger partial charge in [0.2, 0.25) is 0 Å². The Bertz CT molecular complexity index is 446. The van der Waals surface area contributed by atoms with Crippen LogP contribution in [0.2, 0.25) is 0 Å². The minimum absolute atomic E-state index is 0.0840. The van der Waals surface area contributed by atoms with Crippen molar-refractivity contribution >= 4 is 0 Å². The van der Waals surface area contributed by atoms with Crippen molar-refractivity contribution < 1.29 is 6.48 Å². The van der Waals surface area contributed by atoms with E-state index in [0.717, 1.165) is 6.54 Å². The molecule has 0 radical (unpaired) electrons. The van der Waals surface area contributed by atoms with Gasteiger partial charge in [-0.1, -0.05) is 30.3 Å². The highest BCUT2D eigenvalue weighted by Crippen LogP contribution is 2.46. The van der Waals surface area contributed by atoms with Gasteiger partial charge in [0.25, 0.3) is 0 Å². The molecule has 3 N–H and O–H groups in total. The summed E-state index contributed by atoms with van der Waals surface area (Å²) in [4.78, 5) is 2.17. The molecule has 0 saturated heterocycles. The van der Waals surface area contributed by atoms with Crippen molar-refractivity contribution in [3.63, 3.8) is 0 Å². The van der Waals surface area contributed by atoms with Crippen molar-refractivity contribution in [2.24, 2.45) is 11.7 Å². The standard InChI is InChI=1S/C16H26N2O/c1-15(2,19)9-14-10-16(14,17)12-18(3)11-13-7-5-4-6-8-13/h4-8,14,19H,9-12,17H2,1-3H3/t14-,16-/m0/s1/i10D/t10-,14-,16-. The van der Waals surface area contributed by atoms with E-state index in [9.17, 15) is 5.11 Å². The Labute approximate surface area is 117 Å². The Balaban J connectivity index is 1.90. The molecule has 1 saturated carbocycles. The molecule has 0 amide bonds. The highest BCUT2D eigenvalue weighted by molar-refractivity contribution is 5.15. The van der Waals surface area contributed by atoms with Crippen LogP contribution in [0.5, 0.6) is 0 Å². The Morgan fingerprint density at radius 3 is 2.68 bits per heavy atom. The number of rotatable bonds is 6. The monoisotopic (exact) mass is 263 g/mol. The normalized spacial score (nSPS) is 31.4. The van der Waals surface area contributed by atoms with Crippen molar-refractivity contribution in [1.82, 2.24) is 4.90 Å². The second-order valence-corrected chi connectivity index (χ2v) is 6.56. The van der Waals surface area contributed by atoms with Gasteiger partial charge < -0.3 is 15.7 Å². The molecule has 3 heteroatoms. The second-order valence-electron chi connectivity index (χ2n) is 6.56. The molecule has 106 valence electrons. The molecule has 1 aliphatic carbocycles. The van der Waals surface area contributed by atoms with E-state index in [1.165, 1.54) is 5.56 Å². The second kappa shape index (κ2) is 5.23. The van der Waals surface area contributed by atoms with Gasteiger partial charge in [0.1, 0.15) is 0 Å². The number of nitrogens with two attached hydrogens (primary N) is 1. The fraction of sp³-hybridized carbons (Fsp3) is 0.625. The van der Waals surface area contributed by atoms with Crippen molar-refractivity contribution in [2.75, 3.05) is 13.6 Å². The fourth-order valence-corrected chi connectivity index (χ4v) is 2.70. The maximum atomic E-state index is 9.89. The zero-order valence-corrected chi connectivity index (χ0v) is 12.1. The van der Waals surface area contributed by atoms with Gasteiger partial charge in [0.15, 0.2) is 0 Å². The van der Waals surface area contributed by atoms with Crippen LogP contribution >= 0.6 is 0 Å². The van der Waals surface area contributed by atoms with E-state index >= 15 is 0 Å². The van der Waals surface area contributed by atoms with Gasteiger partial charge in [-0.25, -0.2) is 0 Å². The first-order valence-corrected chi connectivity index (χ1v) is 6.88. The fourth-order valence-electron chi connectivity index (χ4n) is 2.70. The summed E-state index contributed by atoms with van der Waals surface area (Å²) in [5, 5.41) is 9.89. The lowest BCUT2D eigenvalue weighted by atomic mass is 9.99. The van der Waals surface area contributed by atoms with Gasteiger partial charge >= 0.3 is 0 Å². The van der Waals surface area contributed by atoms with Crippen molar-refractivity contribution in [1.29, 1.82) is 0 Å². The summed E-state index contributed by atoms with van der Waals surface area (Å²) in [7, 11) is 2.04. The van der Waals surface area contributed by atoms with E-state index in [-0.39, 0.29) is 12.3 Å². The number of nitrogens with zero attached hydrogens (tertiary/aromatic N) is 1. The topological polar surface area (TPSA) is 49.5 Å². The largest absolute Gasteiger partial charge is 0.390 e. The minimum Gasteiger partial charge on any atom is -0.390 e. The van der Waals surface area contributed by atoms with Crippen LogP contribution in [0.15, 0.2) is 30.3 Å². The van der Waals surface area contributed by atoms with Gasteiger partial charge in [0, 0.05) is 20.0 Å². The van der Waals surface area contributed by atoms with E-state index in [1.807, 2.05) is 25.2 Å². The molecule has 3 atom stereocenters. The predicted molar refractivity (Wildman–Crippen MR) is 78.7 cm³/mol. The molecule has 1 aliphatic rings. The molecule has 1 aromatic rings. The first-order chi connectivity index (χ1) is 9.22. The highest BCUT2D eigenvalue weighted by Gasteiger charge is 2.52. The molecule has 19 heavy (non-hydrogen) atoms. The summed E-state index contributed by atoms with van der Waals surface area (Å²) < 4.78 is 8.10. The Morgan fingerprint density at radius 2 is 2.11 bits per heavy atom. The molecule has 3 nitrogen and oxygen atoms in total. The minimum atomic E-state index is -0.747. The molecular formula is C16H26N2O. The quantitative estimate of drug-likeness (QED) is 0.825. The average Bonchev–Trinajstić information content (AvgIpc) is 2.80. The van der Waals surface area contributed by atoms with Crippen LogP contribution in [-0.2, 0) is 6.54 Å². The number of hydrogen-bond acceptors (Lipinski definition) is 3. The zero-order valence-electron chi connectivity index (χ0n) is 13.1. The molecule has 0 aliphatic heterocycles. The number of likely N-dealkylation sites (N-methyl/N-ethyl adjacent to an activating group) is 1. The van der Waals surface area contributed by atoms with E-state index in [2.05, 4.69) is 17.0 Å². The maximum Gasteiger partial charge on any atom is 0.0595 e. The van der Waals surface area contributed by atoms with Crippen molar-refractivity contribution in [3.05, 3.63) is 35.9 Å². The van der Waals surface area contributed by atoms with Crippen LogP contribution in [0.25, 0.3) is 0 Å². The number of hydrogen-bond donors (Lipinski definition) is 2. The van der Waals surface area contributed by atoms with Crippen LogP contribution in [0.1, 0.15) is 33.6 Å². The summed E-state index contributed by atoms with van der Waals surface area (Å²) in [6, 6.07) is 10.3. The van der Waals surface area contributed by atoms with Gasteiger partial charge in [0.05, 0.1) is 5.60 Å². The Hall–Kier alpha value is -0.900. The zero-order chi connectivity index (χ0) is 15.0. The van der Waals surface area contributed by atoms with Crippen LogP contribution < -0.4 is 5.73 Å². The van der Waals surface area contributed by atoms with E-state index in [4.69, 9.17) is 7.10 Å². The third-order valence-corrected chi connectivity index (χ3v) is 3.65. The highest BCUT2D eigenvalue weighted by atomic mass is 16.3. The maximum absolute atomic E-state index is 9.89. The molecule has 1 aromatic carbocycles. The van der Waals surface area contributed by atoms with Gasteiger partial charge in [-0.2, -0.15) is 0 Å². The first-order valence-electron chi connectivity index (χ1n) is 7.46. The smallest absolute Gasteiger partial charge is 0.0595 e. The van der Waals surface area contributed by atoms with Gasteiger partial charge in [-0.15, -0.1) is 0 Å². The molecule has 0 spiro atoms. The van der Waals surface area contributed by atoms with Crippen LogP contribution in [0.3, 0.4) is 0 Å². The summed E-state index contributed by atoms with van der Waals surface area (Å²) in [5.41, 5.74) is 6.38. The van der Waals surface area contributed by atoms with E-state index in [1.54, 1.807) is 13.8 Å². The lowest BCUT2D eigenvalue weighted by Crippen LogP contribution is -2.39. The summed E-state index contributed by atoms with van der Waals surface area (Å²) >= 11 is 0. The third-order valence-electron chi connectivity index (χ3n) is 3.65. The molecule has 0 heterocycles. The Morgan fingerprint density at radius 1 is 1.47 bits per heavy atom. The summed E-state index contributed by atoms with van der Waals surface area (Å²) in [6.45, 7) is 5.09. The molecule has 2 rings (SSSR count). The van der Waals surface area contributed by atoms with Crippen molar-refractivity contribution in [2.45, 2.75) is 44.3 Å². The summed E-state index contributed by atoms with van der Waals surface area (Å²) in [5.74, 6) is 0.0840. The lowest BCUT2D eigenvalue weighted by Gasteiger charge is -2.24. The van der Waals surface area contributed by atoms with E-state index < -0.39 is 11.1 Å². The molecule has 1 fully saturated rings. The SMILES string of the molecule is [2H][C@H]1[C@H](CC(C)(C)O)[C@@]1(N)CN(C)Cc1ccccc1. The number of benzene rings is 1. The third kappa shape index (κ3) is 4.30. The van der Waals surface area contributed by atoms with Crippen LogP contribution in [0, 0.1) is 5.92 Å². The van der Waals surface area contributed by atoms with Crippen LogP contribution in [-0.4, -0.2) is 34.7 Å². The predicted octanol–water partition coefficient (Wildman–Crippen LogP) is 2.00.